The number of carbonyl (C=O) groups is 4. The molecule has 7 aliphatic heterocycles. The van der Waals surface area contributed by atoms with E-state index in [1.165, 1.54) is 14.7 Å². The third-order valence-electron chi connectivity index (χ3n) is 23.5. The van der Waals surface area contributed by atoms with Crippen LogP contribution in [0.1, 0.15) is 38.5 Å². The number of hydrogen-bond donors (Lipinski definition) is 31. The zero-order chi connectivity index (χ0) is 91.0. The van der Waals surface area contributed by atoms with E-state index in [1.807, 2.05) is 11.0 Å². The number of hydrogen-bond acceptors (Lipinski definition) is 54. The molecule has 0 aromatic carbocycles. The van der Waals surface area contributed by atoms with Crippen molar-refractivity contribution in [1.82, 2.24) is 31.1 Å². The molecule has 123 heavy (non-hydrogen) atoms. The van der Waals surface area contributed by atoms with Crippen LogP contribution in [0.15, 0.2) is 5.18 Å². The maximum Gasteiger partial charge on any atom is 0.317 e. The average molecular weight is 1800 g/mol. The first-order valence-electron chi connectivity index (χ1n) is 39.2. The van der Waals surface area contributed by atoms with Crippen LogP contribution in [0.4, 0.5) is 0 Å². The van der Waals surface area contributed by atoms with Crippen molar-refractivity contribution in [2.24, 2.45) is 21.9 Å². The number of nitrogens with zero attached hydrogens (tertiary/aromatic N) is 4. The molecule has 7 saturated heterocycles. The second-order valence-electron chi connectivity index (χ2n) is 31.6. The molecule has 7 heterocycles. The summed E-state index contributed by atoms with van der Waals surface area (Å²) in [6, 6.07) is -7.69. The van der Waals surface area contributed by atoms with E-state index in [4.69, 9.17) is 71.1 Å². The molecule has 716 valence electrons. The van der Waals surface area contributed by atoms with Gasteiger partial charge >= 0.3 is 5.97 Å². The quantitative estimate of drug-likeness (QED) is 0.00884. The molecule has 35 atom stereocenters. The SMILES string of the molecule is O=COCN1CCN(COC=O)CC(CCC(CC(N=O)C(CCC(NO)C(COC2OC(CO)C(O)C(O)C2O)(COC2OC(CO)C(O)C(O)C2O)COC2OC(CO)C(O)C(O)C2O)CC(NO)C(COC2OC(CO)C(O)C(O)C2O)(COC2OC(CO)C(O)C(O)C2O)COC2OC(CO)C(O)C(O)C2O)NO)(N(COC=O)CC(=O)O)C1. The number of carbonyl (C=O) groups excluding carboxylic acids is 3. The maximum absolute atomic E-state index is 14.5. The molecule has 7 rings (SSSR count). The number of carboxylic acid groups (broad SMARTS) is 1. The summed E-state index contributed by atoms with van der Waals surface area (Å²) in [5, 5.41) is 312. The summed E-state index contributed by atoms with van der Waals surface area (Å²) in [6.07, 6.45) is -67.4. The fourth-order valence-electron chi connectivity index (χ4n) is 15.9. The second kappa shape index (κ2) is 50.2. The summed E-state index contributed by atoms with van der Waals surface area (Å²) < 4.78 is 86.4. The minimum Gasteiger partial charge on any atom is -0.480 e. The Bertz CT molecular complexity index is 2850. The molecular weight excluding hydrogens is 1680 g/mol. The fraction of sp³-hybridized carbons (Fsp3) is 0.941. The predicted molar refractivity (Wildman–Crippen MR) is 386 cm³/mol. The van der Waals surface area contributed by atoms with Gasteiger partial charge in [-0.2, -0.15) is 4.91 Å². The van der Waals surface area contributed by atoms with Crippen molar-refractivity contribution in [2.75, 3.05) is 132 Å². The van der Waals surface area contributed by atoms with Crippen LogP contribution in [-0.4, -0.2) is 530 Å². The highest BCUT2D eigenvalue weighted by atomic mass is 16.8. The molecule has 0 saturated carbocycles. The minimum absolute atomic E-state index is 0.00852. The van der Waals surface area contributed by atoms with Crippen molar-refractivity contribution in [1.29, 1.82) is 0 Å². The number of ether oxygens (including phenoxy) is 15. The molecule has 0 amide bonds. The third kappa shape index (κ3) is 26.5. The molecule has 31 N–H and O–H groups in total. The third-order valence-corrected chi connectivity index (χ3v) is 23.5. The molecule has 0 radical (unpaired) electrons. The lowest BCUT2D eigenvalue weighted by Crippen LogP contribution is -2.63. The number of nitrogens with one attached hydrogen (secondary N) is 3. The molecule has 55 nitrogen and oxygen atoms in total. The number of carboxylic acids is 1. The van der Waals surface area contributed by atoms with Crippen LogP contribution in [0.2, 0.25) is 0 Å². The summed E-state index contributed by atoms with van der Waals surface area (Å²) in [7, 11) is 0. The van der Waals surface area contributed by atoms with Gasteiger partial charge in [0.2, 0.25) is 0 Å². The van der Waals surface area contributed by atoms with Crippen molar-refractivity contribution in [3.8, 4) is 0 Å². The molecule has 7 aliphatic rings. The van der Waals surface area contributed by atoms with Crippen molar-refractivity contribution in [3.05, 3.63) is 4.91 Å². The number of aliphatic hydroxyl groups is 24. The van der Waals surface area contributed by atoms with Gasteiger partial charge < -0.3 is 214 Å². The number of nitroso groups, excluding NO2 is 1. The highest BCUT2D eigenvalue weighted by molar-refractivity contribution is 5.69. The van der Waals surface area contributed by atoms with Crippen molar-refractivity contribution in [3.63, 3.8) is 0 Å². The monoisotopic (exact) mass is 1800 g/mol. The molecule has 0 aliphatic carbocycles. The first kappa shape index (κ1) is 106. The largest absolute Gasteiger partial charge is 0.480 e. The Kier molecular flexibility index (Phi) is 43.1. The Hall–Kier alpha value is -4.32. The van der Waals surface area contributed by atoms with E-state index in [2.05, 4.69) is 10.7 Å². The second-order valence-corrected chi connectivity index (χ2v) is 31.6. The zero-order valence-electron chi connectivity index (χ0n) is 66.3. The van der Waals surface area contributed by atoms with Gasteiger partial charge in [-0.25, -0.2) is 16.4 Å². The Morgan fingerprint density at radius 2 is 0.707 bits per heavy atom. The maximum atomic E-state index is 14.5. The van der Waals surface area contributed by atoms with Crippen LogP contribution in [0.5, 0.6) is 0 Å². The molecule has 7 fully saturated rings. The number of rotatable bonds is 53. The lowest BCUT2D eigenvalue weighted by atomic mass is 9.73. The van der Waals surface area contributed by atoms with Crippen LogP contribution in [0, 0.1) is 21.7 Å². The highest BCUT2D eigenvalue weighted by Crippen LogP contribution is 2.42. The van der Waals surface area contributed by atoms with Gasteiger partial charge in [-0.15, -0.1) is 0 Å². The molecule has 0 aromatic rings. The van der Waals surface area contributed by atoms with Crippen molar-refractivity contribution >= 4 is 25.4 Å². The Morgan fingerprint density at radius 3 is 0.959 bits per heavy atom. The van der Waals surface area contributed by atoms with Gasteiger partial charge in [-0.05, 0) is 44.4 Å². The number of hydroxylamine groups is 3. The van der Waals surface area contributed by atoms with Crippen LogP contribution in [0.3, 0.4) is 0 Å². The van der Waals surface area contributed by atoms with E-state index in [9.17, 15) is 167 Å². The first-order valence-corrected chi connectivity index (χ1v) is 39.2. The molecule has 0 bridgehead atoms. The van der Waals surface area contributed by atoms with Crippen molar-refractivity contribution < 1.29 is 234 Å². The first-order chi connectivity index (χ1) is 58.6. The molecule has 35 unspecified atom stereocenters. The van der Waals surface area contributed by atoms with Crippen LogP contribution in [-0.2, 0) is 90.2 Å². The van der Waals surface area contributed by atoms with Crippen LogP contribution < -0.4 is 16.4 Å². The molecular formula is C68H121N7O48. The van der Waals surface area contributed by atoms with Gasteiger partial charge in [0.1, 0.15) is 167 Å². The topological polar surface area (TPSA) is 848 Å². The Balaban J connectivity index is 1.48. The summed E-state index contributed by atoms with van der Waals surface area (Å²) in [4.78, 5) is 66.9. The van der Waals surface area contributed by atoms with Gasteiger partial charge in [-0.3, -0.25) is 33.9 Å². The fourth-order valence-corrected chi connectivity index (χ4v) is 15.9. The predicted octanol–water partition coefficient (Wildman–Crippen LogP) is -17.9. The molecule has 0 spiro atoms. The highest BCUT2D eigenvalue weighted by Gasteiger charge is 2.57. The average Bonchev–Trinajstić information content (AvgIpc) is 1.71. The number of aliphatic carboxylic acids is 1. The van der Waals surface area contributed by atoms with Gasteiger partial charge in [0.05, 0.1) is 108 Å². The summed E-state index contributed by atoms with van der Waals surface area (Å²) in [6.45, 7) is -16.9. The molecule has 55 heteroatoms. The Labute approximate surface area is 699 Å². The lowest BCUT2D eigenvalue weighted by molar-refractivity contribution is -0.333. The van der Waals surface area contributed by atoms with E-state index in [-0.39, 0.29) is 52.0 Å². The lowest BCUT2D eigenvalue weighted by Gasteiger charge is -2.47. The minimum atomic E-state index is -2.62. The van der Waals surface area contributed by atoms with E-state index in [1.54, 1.807) is 0 Å². The normalized spacial score (nSPS) is 38.3. The summed E-state index contributed by atoms with van der Waals surface area (Å²) >= 11 is 0. The summed E-state index contributed by atoms with van der Waals surface area (Å²) in [5.41, 5.74) is -0.717. The standard InChI is InChI=1S/C68H121N7O48/c76-10-33-42(87)48(93)54(99)60(118-33)112-18-66(19-113-61-55(100)49(94)43(88)34(11-77)119-61,20-114-62-56(101)50(95)44(89)35(12-78)120-62)39(71-107)2-1-30(32(70-106)8-31(69-105)3-4-68(75(9-41(85)86)26-111-29-84)16-73(24-109-27-82)5-6-74(17-68)25-110-28-83)7-40(72-108)67(21-115-63-57(102)51(96)45(90)36(13-79)121-63,22-116-64-58(103)52(97)46(91)37(14-80)122-64)23-117-65-59(104)53(98)47(92)38(15-81)123-65/h27-40,42-65,69,71-72,76-81,87-105,107-108H,1-26H2,(H,85,86). The van der Waals surface area contributed by atoms with Gasteiger partial charge in [0.15, 0.2) is 37.7 Å². The van der Waals surface area contributed by atoms with E-state index >= 15 is 0 Å². The van der Waals surface area contributed by atoms with Gasteiger partial charge in [0.25, 0.3) is 19.4 Å². The zero-order valence-corrected chi connectivity index (χ0v) is 66.3. The van der Waals surface area contributed by atoms with Crippen molar-refractivity contribution in [2.45, 2.75) is 252 Å². The van der Waals surface area contributed by atoms with E-state index in [0.29, 0.717) is 0 Å². The molecule has 0 aromatic heterocycles. The smallest absolute Gasteiger partial charge is 0.317 e. The van der Waals surface area contributed by atoms with E-state index < -0.39 is 375 Å². The van der Waals surface area contributed by atoms with Gasteiger partial charge in [-0.1, -0.05) is 5.18 Å². The van der Waals surface area contributed by atoms with Crippen LogP contribution in [0.25, 0.3) is 0 Å². The number of aliphatic hydroxyl groups excluding tert-OH is 24. The van der Waals surface area contributed by atoms with Crippen LogP contribution >= 0.6 is 0 Å². The van der Waals surface area contributed by atoms with Gasteiger partial charge in [0, 0.05) is 44.3 Å². The van der Waals surface area contributed by atoms with E-state index in [0.717, 1.165) is 0 Å². The summed E-state index contributed by atoms with van der Waals surface area (Å²) in [5.74, 6) is -3.29. The Morgan fingerprint density at radius 1 is 0.415 bits per heavy atom.